The van der Waals surface area contributed by atoms with Gasteiger partial charge in [0.05, 0.1) is 0 Å². The Kier molecular flexibility index (Phi) is 5.96. The van der Waals surface area contributed by atoms with Crippen LogP contribution in [0.2, 0.25) is 0 Å². The summed E-state index contributed by atoms with van der Waals surface area (Å²) in [7, 11) is 0. The number of thiophene rings is 1. The summed E-state index contributed by atoms with van der Waals surface area (Å²) in [5.74, 6) is 0. The number of hydrogen-bond donors (Lipinski definition) is 1. The highest BCUT2D eigenvalue weighted by Gasteiger charge is 2.06. The van der Waals surface area contributed by atoms with Gasteiger partial charge in [-0.3, -0.25) is 0 Å². The van der Waals surface area contributed by atoms with Crippen LogP contribution in [0.3, 0.4) is 0 Å². The van der Waals surface area contributed by atoms with Crippen LogP contribution < -0.4 is 5.32 Å². The predicted octanol–water partition coefficient (Wildman–Crippen LogP) is 4.11. The smallest absolute Gasteiger partial charge is 0.0302 e. The Balaban J connectivity index is 2.32. The Labute approximate surface area is 97.9 Å². The van der Waals surface area contributed by atoms with Gasteiger partial charge in [0.15, 0.2) is 0 Å². The third-order valence-electron chi connectivity index (χ3n) is 2.64. The molecule has 0 bridgehead atoms. The van der Waals surface area contributed by atoms with E-state index in [1.807, 2.05) is 11.3 Å². The van der Waals surface area contributed by atoms with Crippen molar-refractivity contribution in [1.29, 1.82) is 0 Å². The first-order chi connectivity index (χ1) is 7.26. The lowest BCUT2D eigenvalue weighted by atomic mass is 10.1. The summed E-state index contributed by atoms with van der Waals surface area (Å²) < 4.78 is 0. The molecule has 0 aliphatic carbocycles. The van der Waals surface area contributed by atoms with Gasteiger partial charge in [-0.2, -0.15) is 0 Å². The molecule has 0 saturated heterocycles. The lowest BCUT2D eigenvalue weighted by molar-refractivity contribution is 0.445. The fourth-order valence-corrected chi connectivity index (χ4v) is 2.71. The van der Waals surface area contributed by atoms with E-state index in [1.165, 1.54) is 35.4 Å². The van der Waals surface area contributed by atoms with E-state index in [4.69, 9.17) is 0 Å². The first-order valence-corrected chi connectivity index (χ1v) is 6.86. The molecule has 1 aromatic heterocycles. The quantitative estimate of drug-likeness (QED) is 0.736. The van der Waals surface area contributed by atoms with Gasteiger partial charge < -0.3 is 5.32 Å². The van der Waals surface area contributed by atoms with Gasteiger partial charge in [0.1, 0.15) is 0 Å². The number of rotatable bonds is 7. The first-order valence-electron chi connectivity index (χ1n) is 6.05. The van der Waals surface area contributed by atoms with Crippen LogP contribution in [-0.2, 0) is 6.54 Å². The summed E-state index contributed by atoms with van der Waals surface area (Å²) in [5.41, 5.74) is 0. The molecule has 0 aliphatic rings. The predicted molar refractivity (Wildman–Crippen MR) is 69.5 cm³/mol. The van der Waals surface area contributed by atoms with E-state index >= 15 is 0 Å². The maximum absolute atomic E-state index is 3.66. The summed E-state index contributed by atoms with van der Waals surface area (Å²) in [6.45, 7) is 7.74. The Bertz CT molecular complexity index is 261. The molecular formula is C13H23NS. The van der Waals surface area contributed by atoms with Gasteiger partial charge in [0, 0.05) is 22.3 Å². The van der Waals surface area contributed by atoms with Crippen LogP contribution in [0.15, 0.2) is 12.1 Å². The topological polar surface area (TPSA) is 12.0 Å². The van der Waals surface area contributed by atoms with E-state index in [0.29, 0.717) is 6.04 Å². The number of nitrogens with one attached hydrogen (secondary N) is 1. The van der Waals surface area contributed by atoms with Crippen LogP contribution in [0.25, 0.3) is 0 Å². The van der Waals surface area contributed by atoms with Crippen molar-refractivity contribution < 1.29 is 0 Å². The summed E-state index contributed by atoms with van der Waals surface area (Å²) in [6, 6.07) is 5.15. The maximum atomic E-state index is 3.66. The van der Waals surface area contributed by atoms with E-state index in [0.717, 1.165) is 6.54 Å². The second kappa shape index (κ2) is 7.02. The minimum absolute atomic E-state index is 0.711. The van der Waals surface area contributed by atoms with Gasteiger partial charge in [-0.05, 0) is 31.9 Å². The zero-order valence-corrected chi connectivity index (χ0v) is 11.0. The molecule has 2 heteroatoms. The SMILES string of the molecule is CCCC(CCC)NCc1ccc(C)s1. The van der Waals surface area contributed by atoms with E-state index in [-0.39, 0.29) is 0 Å². The number of hydrogen-bond acceptors (Lipinski definition) is 2. The van der Waals surface area contributed by atoms with Crippen LogP contribution in [0.5, 0.6) is 0 Å². The van der Waals surface area contributed by atoms with Crippen molar-refractivity contribution in [2.45, 2.75) is 59.0 Å². The second-order valence-corrected chi connectivity index (χ2v) is 5.54. The van der Waals surface area contributed by atoms with Gasteiger partial charge in [0.2, 0.25) is 0 Å². The van der Waals surface area contributed by atoms with Crippen molar-refractivity contribution in [1.82, 2.24) is 5.32 Å². The highest BCUT2D eigenvalue weighted by Crippen LogP contribution is 2.15. The normalized spacial score (nSPS) is 11.2. The molecule has 0 radical (unpaired) electrons. The fraction of sp³-hybridized carbons (Fsp3) is 0.692. The zero-order chi connectivity index (χ0) is 11.1. The Hall–Kier alpha value is -0.340. The van der Waals surface area contributed by atoms with Crippen LogP contribution in [-0.4, -0.2) is 6.04 Å². The molecule has 1 heterocycles. The summed E-state index contributed by atoms with van der Waals surface area (Å²) in [5, 5.41) is 3.66. The molecule has 1 nitrogen and oxygen atoms in total. The molecule has 1 rings (SSSR count). The first kappa shape index (κ1) is 12.7. The largest absolute Gasteiger partial charge is 0.309 e. The molecule has 0 spiro atoms. The van der Waals surface area contributed by atoms with Crippen molar-refractivity contribution in [2.75, 3.05) is 0 Å². The van der Waals surface area contributed by atoms with Gasteiger partial charge >= 0.3 is 0 Å². The van der Waals surface area contributed by atoms with E-state index in [9.17, 15) is 0 Å². The number of aryl methyl sites for hydroxylation is 1. The monoisotopic (exact) mass is 225 g/mol. The molecule has 0 atom stereocenters. The average molecular weight is 225 g/mol. The lowest BCUT2D eigenvalue weighted by Crippen LogP contribution is -2.27. The highest BCUT2D eigenvalue weighted by atomic mass is 32.1. The third-order valence-corrected chi connectivity index (χ3v) is 3.64. The molecule has 1 N–H and O–H groups in total. The van der Waals surface area contributed by atoms with Crippen LogP contribution in [0.1, 0.15) is 49.3 Å². The van der Waals surface area contributed by atoms with Gasteiger partial charge in [-0.15, -0.1) is 11.3 Å². The summed E-state index contributed by atoms with van der Waals surface area (Å²) in [4.78, 5) is 2.87. The molecular weight excluding hydrogens is 202 g/mol. The van der Waals surface area contributed by atoms with Crippen molar-refractivity contribution in [2.24, 2.45) is 0 Å². The molecule has 0 aliphatic heterocycles. The molecule has 0 saturated carbocycles. The van der Waals surface area contributed by atoms with Gasteiger partial charge in [-0.1, -0.05) is 26.7 Å². The van der Waals surface area contributed by atoms with E-state index in [2.05, 4.69) is 38.2 Å². The van der Waals surface area contributed by atoms with Crippen molar-refractivity contribution in [3.05, 3.63) is 21.9 Å². The summed E-state index contributed by atoms with van der Waals surface area (Å²) >= 11 is 1.90. The molecule has 86 valence electrons. The van der Waals surface area contributed by atoms with Crippen LogP contribution >= 0.6 is 11.3 Å². The van der Waals surface area contributed by atoms with Gasteiger partial charge in [-0.25, -0.2) is 0 Å². The van der Waals surface area contributed by atoms with Crippen molar-refractivity contribution in [3.63, 3.8) is 0 Å². The molecule has 15 heavy (non-hydrogen) atoms. The van der Waals surface area contributed by atoms with Crippen LogP contribution in [0.4, 0.5) is 0 Å². The standard InChI is InChI=1S/C13H23NS/c1-4-6-12(7-5-2)14-10-13-9-8-11(3)15-13/h8-9,12,14H,4-7,10H2,1-3H3. The molecule has 0 unspecified atom stereocenters. The molecule has 0 amide bonds. The van der Waals surface area contributed by atoms with Crippen molar-refractivity contribution in [3.8, 4) is 0 Å². The van der Waals surface area contributed by atoms with Gasteiger partial charge in [0.25, 0.3) is 0 Å². The molecule has 1 aromatic rings. The minimum Gasteiger partial charge on any atom is -0.309 e. The highest BCUT2D eigenvalue weighted by molar-refractivity contribution is 7.11. The third kappa shape index (κ3) is 4.80. The van der Waals surface area contributed by atoms with Crippen molar-refractivity contribution >= 4 is 11.3 Å². The fourth-order valence-electron chi connectivity index (χ4n) is 1.87. The Morgan fingerprint density at radius 2 is 1.87 bits per heavy atom. The zero-order valence-electron chi connectivity index (χ0n) is 10.2. The lowest BCUT2D eigenvalue weighted by Gasteiger charge is -2.16. The molecule has 0 fully saturated rings. The van der Waals surface area contributed by atoms with E-state index in [1.54, 1.807) is 0 Å². The average Bonchev–Trinajstić information content (AvgIpc) is 2.61. The Morgan fingerprint density at radius 3 is 2.33 bits per heavy atom. The van der Waals surface area contributed by atoms with E-state index < -0.39 is 0 Å². The Morgan fingerprint density at radius 1 is 1.20 bits per heavy atom. The summed E-state index contributed by atoms with van der Waals surface area (Å²) in [6.07, 6.45) is 5.17. The van der Waals surface area contributed by atoms with Crippen LogP contribution in [0, 0.1) is 6.92 Å². The molecule has 0 aromatic carbocycles. The maximum Gasteiger partial charge on any atom is 0.0302 e. The minimum atomic E-state index is 0.711. The second-order valence-electron chi connectivity index (χ2n) is 4.17.